The molecule has 0 saturated carbocycles. The lowest BCUT2D eigenvalue weighted by Crippen LogP contribution is -2.34. The molecule has 3 N–H and O–H groups in total. The number of aliphatic hydroxyl groups is 1. The van der Waals surface area contributed by atoms with Crippen molar-refractivity contribution in [2.24, 2.45) is 0 Å². The Balaban J connectivity index is 1.87. The van der Waals surface area contributed by atoms with Gasteiger partial charge in [-0.15, -0.1) is 12.8 Å². The number of amides is 2. The highest BCUT2D eigenvalue weighted by atomic mass is 19.1. The summed E-state index contributed by atoms with van der Waals surface area (Å²) in [5.41, 5.74) is 1.02. The van der Waals surface area contributed by atoms with E-state index in [1.165, 1.54) is 48.5 Å². The first-order valence-electron chi connectivity index (χ1n) is 9.02. The molecular formula is C23H20F2N2O3. The molecule has 0 bridgehead atoms. The zero-order chi connectivity index (χ0) is 22.1. The van der Waals surface area contributed by atoms with Crippen molar-refractivity contribution in [1.29, 1.82) is 0 Å². The summed E-state index contributed by atoms with van der Waals surface area (Å²) in [5.74, 6) is 2.73. The van der Waals surface area contributed by atoms with Gasteiger partial charge in [-0.3, -0.25) is 9.59 Å². The van der Waals surface area contributed by atoms with Crippen molar-refractivity contribution in [1.82, 2.24) is 10.6 Å². The van der Waals surface area contributed by atoms with Gasteiger partial charge < -0.3 is 15.7 Å². The maximum absolute atomic E-state index is 13.0. The van der Waals surface area contributed by atoms with Gasteiger partial charge in [0, 0.05) is 0 Å². The molecule has 0 fully saturated rings. The summed E-state index contributed by atoms with van der Waals surface area (Å²) in [4.78, 5) is 24.3. The van der Waals surface area contributed by atoms with Crippen LogP contribution < -0.4 is 10.6 Å². The van der Waals surface area contributed by atoms with E-state index in [-0.39, 0.29) is 12.8 Å². The number of terminal acetylenes is 2. The van der Waals surface area contributed by atoms with Crippen molar-refractivity contribution < 1.29 is 23.5 Å². The standard InChI is InChI=1S/C23H20F2N2O3/c1-3-20(15-5-9-17(24)10-6-15)26-22(29)13-19(28)14-23(30)27-21(4-2)16-7-11-18(25)12-8-16/h1-2,5-12,19-21,28H,13-14H2,(H,26,29)(H,27,30). The summed E-state index contributed by atoms with van der Waals surface area (Å²) in [6.07, 6.45) is 8.80. The quantitative estimate of drug-likeness (QED) is 0.585. The monoisotopic (exact) mass is 410 g/mol. The van der Waals surface area contributed by atoms with Gasteiger partial charge in [-0.1, -0.05) is 36.1 Å². The number of aliphatic hydroxyl groups excluding tert-OH is 1. The number of rotatable bonds is 8. The smallest absolute Gasteiger partial charge is 0.223 e. The van der Waals surface area contributed by atoms with E-state index in [0.717, 1.165) is 0 Å². The van der Waals surface area contributed by atoms with Gasteiger partial charge in [-0.25, -0.2) is 8.78 Å². The van der Waals surface area contributed by atoms with Crippen LogP contribution in [0.5, 0.6) is 0 Å². The highest BCUT2D eigenvalue weighted by Gasteiger charge is 2.20. The van der Waals surface area contributed by atoms with E-state index in [2.05, 4.69) is 22.5 Å². The van der Waals surface area contributed by atoms with Crippen LogP contribution in [-0.2, 0) is 9.59 Å². The molecule has 0 spiro atoms. The van der Waals surface area contributed by atoms with Crippen LogP contribution in [0.3, 0.4) is 0 Å². The Morgan fingerprint density at radius 3 is 1.43 bits per heavy atom. The predicted molar refractivity (Wildman–Crippen MR) is 107 cm³/mol. The average molecular weight is 410 g/mol. The molecule has 2 rings (SSSR count). The van der Waals surface area contributed by atoms with Gasteiger partial charge in [0.25, 0.3) is 0 Å². The van der Waals surface area contributed by atoms with E-state index in [0.29, 0.717) is 11.1 Å². The maximum atomic E-state index is 13.0. The Labute approximate surface area is 173 Å². The topological polar surface area (TPSA) is 78.4 Å². The van der Waals surface area contributed by atoms with Gasteiger partial charge in [-0.05, 0) is 35.4 Å². The highest BCUT2D eigenvalue weighted by Crippen LogP contribution is 2.15. The molecule has 2 amide bonds. The van der Waals surface area contributed by atoms with Crippen molar-refractivity contribution in [2.75, 3.05) is 0 Å². The van der Waals surface area contributed by atoms with Gasteiger partial charge in [0.05, 0.1) is 18.9 Å². The minimum absolute atomic E-state index is 0.371. The van der Waals surface area contributed by atoms with Crippen LogP contribution in [0.2, 0.25) is 0 Å². The van der Waals surface area contributed by atoms with Gasteiger partial charge >= 0.3 is 0 Å². The van der Waals surface area contributed by atoms with Crippen molar-refractivity contribution in [3.05, 3.63) is 71.3 Å². The Morgan fingerprint density at radius 1 is 0.800 bits per heavy atom. The van der Waals surface area contributed by atoms with Gasteiger partial charge in [0.2, 0.25) is 11.8 Å². The first-order chi connectivity index (χ1) is 14.3. The molecule has 0 heterocycles. The number of carbonyl (C=O) groups is 2. The molecule has 5 nitrogen and oxygen atoms in total. The number of halogens is 2. The second kappa shape index (κ2) is 10.8. The highest BCUT2D eigenvalue weighted by molar-refractivity contribution is 5.80. The zero-order valence-corrected chi connectivity index (χ0v) is 15.9. The van der Waals surface area contributed by atoms with Crippen LogP contribution in [0.25, 0.3) is 0 Å². The van der Waals surface area contributed by atoms with Gasteiger partial charge in [-0.2, -0.15) is 0 Å². The molecule has 0 aliphatic heterocycles. The molecule has 30 heavy (non-hydrogen) atoms. The van der Waals surface area contributed by atoms with Crippen LogP contribution in [0.4, 0.5) is 8.78 Å². The lowest BCUT2D eigenvalue weighted by molar-refractivity contribution is -0.126. The second-order valence-corrected chi connectivity index (χ2v) is 6.50. The van der Waals surface area contributed by atoms with Crippen LogP contribution in [0.1, 0.15) is 36.1 Å². The van der Waals surface area contributed by atoms with Crippen LogP contribution in [0.15, 0.2) is 48.5 Å². The van der Waals surface area contributed by atoms with Gasteiger partial charge in [0.1, 0.15) is 23.7 Å². The molecule has 2 unspecified atom stereocenters. The van der Waals surface area contributed by atoms with E-state index in [9.17, 15) is 23.5 Å². The third-order valence-corrected chi connectivity index (χ3v) is 4.19. The van der Waals surface area contributed by atoms with E-state index in [4.69, 9.17) is 12.8 Å². The first-order valence-corrected chi connectivity index (χ1v) is 9.02. The number of carbonyl (C=O) groups excluding carboxylic acids is 2. The fourth-order valence-corrected chi connectivity index (χ4v) is 2.69. The van der Waals surface area contributed by atoms with Crippen molar-refractivity contribution in [3.63, 3.8) is 0 Å². The molecule has 7 heteroatoms. The first kappa shape index (κ1) is 22.6. The Hall–Kier alpha value is -3.68. The van der Waals surface area contributed by atoms with Crippen molar-refractivity contribution >= 4 is 11.8 Å². The van der Waals surface area contributed by atoms with Crippen LogP contribution in [0, 0.1) is 36.3 Å². The Kier molecular flexibility index (Phi) is 8.10. The number of nitrogens with one attached hydrogen (secondary N) is 2. The lowest BCUT2D eigenvalue weighted by atomic mass is 10.1. The van der Waals surface area contributed by atoms with Crippen molar-refractivity contribution in [3.8, 4) is 24.7 Å². The van der Waals surface area contributed by atoms with Crippen LogP contribution >= 0.6 is 0 Å². The van der Waals surface area contributed by atoms with E-state index in [1.54, 1.807) is 0 Å². The lowest BCUT2D eigenvalue weighted by Gasteiger charge is -2.17. The van der Waals surface area contributed by atoms with Crippen LogP contribution in [-0.4, -0.2) is 23.0 Å². The SMILES string of the molecule is C#CC(NC(=O)CC(O)CC(=O)NC(C#C)c1ccc(F)cc1)c1ccc(F)cc1. The molecular weight excluding hydrogens is 390 g/mol. The molecule has 0 aliphatic carbocycles. The molecule has 2 atom stereocenters. The number of benzene rings is 2. The molecule has 154 valence electrons. The van der Waals surface area contributed by atoms with E-state index < -0.39 is 41.6 Å². The summed E-state index contributed by atoms with van der Waals surface area (Å²) in [6, 6.07) is 9.04. The second-order valence-electron chi connectivity index (χ2n) is 6.50. The summed E-state index contributed by atoms with van der Waals surface area (Å²) in [7, 11) is 0. The third kappa shape index (κ3) is 6.73. The minimum Gasteiger partial charge on any atom is -0.392 e. The molecule has 0 saturated heterocycles. The number of hydrogen-bond acceptors (Lipinski definition) is 3. The molecule has 2 aromatic carbocycles. The number of hydrogen-bond donors (Lipinski definition) is 3. The summed E-state index contributed by atoms with van der Waals surface area (Å²) < 4.78 is 26.0. The molecule has 0 radical (unpaired) electrons. The minimum atomic E-state index is -1.27. The maximum Gasteiger partial charge on any atom is 0.223 e. The normalized spacial score (nSPS) is 13.2. The Morgan fingerprint density at radius 2 is 1.13 bits per heavy atom. The summed E-state index contributed by atoms with van der Waals surface area (Å²) in [6.45, 7) is 0. The van der Waals surface area contributed by atoms with Crippen molar-refractivity contribution in [2.45, 2.75) is 31.0 Å². The van der Waals surface area contributed by atoms with E-state index in [1.807, 2.05) is 0 Å². The fraction of sp³-hybridized carbons (Fsp3) is 0.217. The predicted octanol–water partition coefficient (Wildman–Crippen LogP) is 2.39. The molecule has 2 aromatic rings. The molecule has 0 aromatic heterocycles. The van der Waals surface area contributed by atoms with Gasteiger partial charge in [0.15, 0.2) is 0 Å². The summed E-state index contributed by atoms with van der Waals surface area (Å²) in [5, 5.41) is 15.1. The third-order valence-electron chi connectivity index (χ3n) is 4.19. The Bertz CT molecular complexity index is 880. The fourth-order valence-electron chi connectivity index (χ4n) is 2.69. The molecule has 0 aliphatic rings. The summed E-state index contributed by atoms with van der Waals surface area (Å²) >= 11 is 0. The average Bonchev–Trinajstić information content (AvgIpc) is 2.71. The van der Waals surface area contributed by atoms with E-state index >= 15 is 0 Å². The zero-order valence-electron chi connectivity index (χ0n) is 15.9. The largest absolute Gasteiger partial charge is 0.392 e.